The Balaban J connectivity index is 2.59. The first-order chi connectivity index (χ1) is 8.29. The van der Waals surface area contributed by atoms with Gasteiger partial charge >= 0.3 is 6.18 Å². The van der Waals surface area contributed by atoms with Crippen LogP contribution in [0.15, 0.2) is 0 Å². The van der Waals surface area contributed by atoms with Gasteiger partial charge < -0.3 is 5.73 Å². The molecule has 6 heteroatoms. The molecule has 0 aromatic carbocycles. The van der Waals surface area contributed by atoms with E-state index in [1.165, 1.54) is 0 Å². The highest BCUT2D eigenvalue weighted by atomic mass is 19.4. The van der Waals surface area contributed by atoms with Gasteiger partial charge in [-0.25, -0.2) is 0 Å². The van der Waals surface area contributed by atoms with Crippen molar-refractivity contribution < 1.29 is 18.0 Å². The summed E-state index contributed by atoms with van der Waals surface area (Å²) >= 11 is 0. The second-order valence-electron chi connectivity index (χ2n) is 5.15. The van der Waals surface area contributed by atoms with Crippen molar-refractivity contribution in [3.63, 3.8) is 0 Å². The van der Waals surface area contributed by atoms with Crippen LogP contribution in [0.25, 0.3) is 0 Å². The molecule has 0 unspecified atom stereocenters. The van der Waals surface area contributed by atoms with Gasteiger partial charge in [0, 0.05) is 0 Å². The van der Waals surface area contributed by atoms with Crippen LogP contribution in [-0.2, 0) is 4.79 Å². The molecular formula is C12H21F3N2O. The van der Waals surface area contributed by atoms with E-state index in [1.54, 1.807) is 0 Å². The van der Waals surface area contributed by atoms with E-state index in [0.29, 0.717) is 18.8 Å². The van der Waals surface area contributed by atoms with Gasteiger partial charge in [-0.2, -0.15) is 13.2 Å². The fraction of sp³-hybridized carbons (Fsp3) is 0.917. The number of alkyl halides is 3. The number of hydrogen-bond donors (Lipinski definition) is 2. The molecule has 0 spiro atoms. The van der Waals surface area contributed by atoms with E-state index in [0.717, 1.165) is 25.7 Å². The third kappa shape index (κ3) is 4.15. The molecule has 3 N–H and O–H groups in total. The molecule has 0 aromatic rings. The first-order valence-corrected chi connectivity index (χ1v) is 6.41. The van der Waals surface area contributed by atoms with E-state index >= 15 is 0 Å². The summed E-state index contributed by atoms with van der Waals surface area (Å²) in [5.41, 5.74) is 4.12. The molecule has 0 radical (unpaired) electrons. The summed E-state index contributed by atoms with van der Waals surface area (Å²) in [6, 6.07) is 0. The predicted octanol–water partition coefficient (Wildman–Crippen LogP) is 2.35. The Morgan fingerprint density at radius 1 is 1.39 bits per heavy atom. The fourth-order valence-electron chi connectivity index (χ4n) is 2.65. The van der Waals surface area contributed by atoms with Crippen LogP contribution in [0, 0.1) is 5.92 Å². The average molecular weight is 266 g/mol. The van der Waals surface area contributed by atoms with Crippen molar-refractivity contribution >= 4 is 5.91 Å². The largest absolute Gasteiger partial charge is 0.401 e. The van der Waals surface area contributed by atoms with Crippen molar-refractivity contribution in [2.24, 2.45) is 11.7 Å². The van der Waals surface area contributed by atoms with Crippen LogP contribution in [0.4, 0.5) is 13.2 Å². The number of carbonyl (C=O) groups excluding carboxylic acids is 1. The minimum absolute atomic E-state index is 0.406. The van der Waals surface area contributed by atoms with Crippen LogP contribution in [0.5, 0.6) is 0 Å². The minimum atomic E-state index is -4.32. The molecule has 0 aliphatic heterocycles. The number of hydrogen-bond acceptors (Lipinski definition) is 2. The molecule has 0 bridgehead atoms. The lowest BCUT2D eigenvalue weighted by Crippen LogP contribution is -2.59. The topological polar surface area (TPSA) is 55.1 Å². The van der Waals surface area contributed by atoms with Crippen LogP contribution in [0.2, 0.25) is 0 Å². The second-order valence-corrected chi connectivity index (χ2v) is 5.15. The Hall–Kier alpha value is -0.780. The third-order valence-electron chi connectivity index (χ3n) is 3.75. The molecule has 1 fully saturated rings. The van der Waals surface area contributed by atoms with Crippen LogP contribution < -0.4 is 11.1 Å². The first kappa shape index (κ1) is 15.3. The summed E-state index contributed by atoms with van der Waals surface area (Å²) in [5, 5.41) is 2.34. The van der Waals surface area contributed by atoms with Crippen molar-refractivity contribution in [3.8, 4) is 0 Å². The molecule has 1 aliphatic rings. The Labute approximate surface area is 105 Å². The van der Waals surface area contributed by atoms with Gasteiger partial charge in [-0.15, -0.1) is 0 Å². The van der Waals surface area contributed by atoms with Gasteiger partial charge in [0.05, 0.1) is 12.1 Å². The maximum atomic E-state index is 12.2. The Morgan fingerprint density at radius 2 is 1.94 bits per heavy atom. The van der Waals surface area contributed by atoms with Gasteiger partial charge in [0.2, 0.25) is 5.91 Å². The van der Waals surface area contributed by atoms with Crippen LogP contribution in [0.3, 0.4) is 0 Å². The quantitative estimate of drug-likeness (QED) is 0.802. The number of halogens is 3. The van der Waals surface area contributed by atoms with Crippen LogP contribution >= 0.6 is 0 Å². The standard InChI is InChI=1S/C12H21F3N2O/c1-2-3-9-4-6-11(7-5-9,10(16)18)17-8-12(13,14)15/h9,17H,2-8H2,1H3,(H2,16,18). The first-order valence-electron chi connectivity index (χ1n) is 6.41. The SMILES string of the molecule is CCCC1CCC(NCC(F)(F)F)(C(N)=O)CC1. The molecule has 18 heavy (non-hydrogen) atoms. The average Bonchev–Trinajstić information content (AvgIpc) is 2.27. The zero-order chi connectivity index (χ0) is 13.8. The Kier molecular flexibility index (Phi) is 5.01. The van der Waals surface area contributed by atoms with E-state index in [4.69, 9.17) is 5.73 Å². The molecule has 106 valence electrons. The number of rotatable bonds is 5. The summed E-state index contributed by atoms with van der Waals surface area (Å²) in [5.74, 6) is -0.156. The molecule has 1 amide bonds. The highest BCUT2D eigenvalue weighted by molar-refractivity contribution is 5.84. The number of primary amides is 1. The molecule has 0 aromatic heterocycles. The normalized spacial score (nSPS) is 29.2. The Bertz CT molecular complexity index is 284. The minimum Gasteiger partial charge on any atom is -0.368 e. The highest BCUT2D eigenvalue weighted by Gasteiger charge is 2.42. The number of nitrogens with two attached hydrogens (primary N) is 1. The van der Waals surface area contributed by atoms with E-state index in [-0.39, 0.29) is 0 Å². The maximum absolute atomic E-state index is 12.2. The fourth-order valence-corrected chi connectivity index (χ4v) is 2.65. The number of nitrogens with one attached hydrogen (secondary N) is 1. The molecule has 1 aliphatic carbocycles. The van der Waals surface area contributed by atoms with E-state index in [2.05, 4.69) is 12.2 Å². The smallest absolute Gasteiger partial charge is 0.368 e. The van der Waals surface area contributed by atoms with Crippen molar-refractivity contribution in [1.29, 1.82) is 0 Å². The van der Waals surface area contributed by atoms with Crippen molar-refractivity contribution in [1.82, 2.24) is 5.32 Å². The summed E-state index contributed by atoms with van der Waals surface area (Å²) in [7, 11) is 0. The molecule has 0 saturated heterocycles. The summed E-state index contributed by atoms with van der Waals surface area (Å²) in [4.78, 5) is 11.5. The van der Waals surface area contributed by atoms with Gasteiger partial charge in [0.15, 0.2) is 0 Å². The highest BCUT2D eigenvalue weighted by Crippen LogP contribution is 2.34. The van der Waals surface area contributed by atoms with E-state index < -0.39 is 24.2 Å². The summed E-state index contributed by atoms with van der Waals surface area (Å²) < 4.78 is 36.7. The molecular weight excluding hydrogens is 245 g/mol. The van der Waals surface area contributed by atoms with Crippen molar-refractivity contribution in [3.05, 3.63) is 0 Å². The zero-order valence-corrected chi connectivity index (χ0v) is 10.6. The third-order valence-corrected chi connectivity index (χ3v) is 3.75. The lowest BCUT2D eigenvalue weighted by Gasteiger charge is -2.38. The van der Waals surface area contributed by atoms with Gasteiger partial charge in [-0.3, -0.25) is 10.1 Å². The van der Waals surface area contributed by atoms with Crippen LogP contribution in [0.1, 0.15) is 45.4 Å². The monoisotopic (exact) mass is 266 g/mol. The number of carbonyl (C=O) groups is 1. The molecule has 3 nitrogen and oxygen atoms in total. The second kappa shape index (κ2) is 5.91. The molecule has 1 saturated carbocycles. The molecule has 0 atom stereocenters. The predicted molar refractivity (Wildman–Crippen MR) is 62.8 cm³/mol. The lowest BCUT2D eigenvalue weighted by atomic mass is 9.74. The van der Waals surface area contributed by atoms with Gasteiger partial charge in [0.1, 0.15) is 0 Å². The van der Waals surface area contributed by atoms with Gasteiger partial charge in [0.25, 0.3) is 0 Å². The van der Waals surface area contributed by atoms with Crippen LogP contribution in [-0.4, -0.2) is 24.2 Å². The summed E-state index contributed by atoms with van der Waals surface area (Å²) in [6.45, 7) is 0.923. The maximum Gasteiger partial charge on any atom is 0.401 e. The molecule has 0 heterocycles. The van der Waals surface area contributed by atoms with Crippen molar-refractivity contribution in [2.45, 2.75) is 57.2 Å². The number of amides is 1. The zero-order valence-electron chi connectivity index (χ0n) is 10.6. The van der Waals surface area contributed by atoms with Gasteiger partial charge in [-0.1, -0.05) is 19.8 Å². The lowest BCUT2D eigenvalue weighted by molar-refractivity contribution is -0.138. The van der Waals surface area contributed by atoms with E-state index in [1.807, 2.05) is 0 Å². The van der Waals surface area contributed by atoms with Crippen molar-refractivity contribution in [2.75, 3.05) is 6.54 Å². The Morgan fingerprint density at radius 3 is 2.33 bits per heavy atom. The molecule has 1 rings (SSSR count). The van der Waals surface area contributed by atoms with E-state index in [9.17, 15) is 18.0 Å². The van der Waals surface area contributed by atoms with Gasteiger partial charge in [-0.05, 0) is 31.6 Å². The summed E-state index contributed by atoms with van der Waals surface area (Å²) in [6.07, 6.45) is 0.149.